The van der Waals surface area contributed by atoms with Crippen LogP contribution in [0.4, 0.5) is 10.5 Å². The first kappa shape index (κ1) is 15.8. The molecular formula is C15H20N2O3. The maximum atomic E-state index is 11.7. The largest absolute Gasteiger partial charge is 0.478 e. The van der Waals surface area contributed by atoms with Gasteiger partial charge in [-0.2, -0.15) is 0 Å². The summed E-state index contributed by atoms with van der Waals surface area (Å²) in [6.07, 6.45) is 4.59. The standard InChI is InChI=1S/C15H20N2O3/c1-4-5-6-7-16-15(20)17-13-11(3)8-10(2)9-12(13)14(18)19/h4-5,8-9H,6-7H2,1-3H3,(H,18,19)(H2,16,17,20)/b5-4+. The summed E-state index contributed by atoms with van der Waals surface area (Å²) in [5.41, 5.74) is 2.02. The molecule has 0 unspecified atom stereocenters. The molecular weight excluding hydrogens is 256 g/mol. The van der Waals surface area contributed by atoms with E-state index < -0.39 is 12.0 Å². The van der Waals surface area contributed by atoms with Crippen LogP contribution >= 0.6 is 0 Å². The van der Waals surface area contributed by atoms with Crippen molar-refractivity contribution in [1.29, 1.82) is 0 Å². The summed E-state index contributed by atoms with van der Waals surface area (Å²) in [6, 6.07) is 2.98. The van der Waals surface area contributed by atoms with E-state index >= 15 is 0 Å². The lowest BCUT2D eigenvalue weighted by molar-refractivity contribution is 0.0698. The van der Waals surface area contributed by atoms with Gasteiger partial charge in [0.2, 0.25) is 0 Å². The Morgan fingerprint density at radius 3 is 2.60 bits per heavy atom. The molecule has 0 aliphatic heterocycles. The van der Waals surface area contributed by atoms with Crippen LogP contribution in [0, 0.1) is 13.8 Å². The second-order valence-electron chi connectivity index (χ2n) is 4.55. The number of aryl methyl sites for hydroxylation is 2. The number of nitrogens with one attached hydrogen (secondary N) is 2. The molecule has 5 heteroatoms. The van der Waals surface area contributed by atoms with E-state index in [1.165, 1.54) is 0 Å². The molecule has 0 aliphatic rings. The highest BCUT2D eigenvalue weighted by molar-refractivity contribution is 6.01. The van der Waals surface area contributed by atoms with Crippen LogP contribution in [0.2, 0.25) is 0 Å². The molecule has 5 nitrogen and oxygen atoms in total. The Hall–Kier alpha value is -2.30. The number of benzene rings is 1. The molecule has 1 aromatic rings. The molecule has 0 atom stereocenters. The van der Waals surface area contributed by atoms with Gasteiger partial charge in [-0.05, 0) is 44.4 Å². The van der Waals surface area contributed by atoms with E-state index in [-0.39, 0.29) is 5.56 Å². The summed E-state index contributed by atoms with van der Waals surface area (Å²) >= 11 is 0. The first-order valence-electron chi connectivity index (χ1n) is 6.46. The number of aromatic carboxylic acids is 1. The Morgan fingerprint density at radius 2 is 2.00 bits per heavy atom. The lowest BCUT2D eigenvalue weighted by Crippen LogP contribution is -2.30. The first-order chi connectivity index (χ1) is 9.45. The number of carboxylic acids is 1. The van der Waals surface area contributed by atoms with Crippen molar-refractivity contribution in [3.63, 3.8) is 0 Å². The summed E-state index contributed by atoms with van der Waals surface area (Å²) in [6.45, 7) is 6.01. The van der Waals surface area contributed by atoms with Crippen LogP contribution in [0.3, 0.4) is 0 Å². The highest BCUT2D eigenvalue weighted by atomic mass is 16.4. The van der Waals surface area contributed by atoms with Crippen molar-refractivity contribution < 1.29 is 14.7 Å². The van der Waals surface area contributed by atoms with E-state index in [0.717, 1.165) is 17.5 Å². The molecule has 0 bridgehead atoms. The molecule has 0 saturated heterocycles. The molecule has 0 aliphatic carbocycles. The van der Waals surface area contributed by atoms with Crippen LogP contribution in [0.25, 0.3) is 0 Å². The van der Waals surface area contributed by atoms with Gasteiger partial charge >= 0.3 is 12.0 Å². The molecule has 20 heavy (non-hydrogen) atoms. The Labute approximate surface area is 118 Å². The van der Waals surface area contributed by atoms with Crippen LogP contribution < -0.4 is 10.6 Å². The predicted molar refractivity (Wildman–Crippen MR) is 79.3 cm³/mol. The highest BCUT2D eigenvalue weighted by Gasteiger charge is 2.15. The van der Waals surface area contributed by atoms with E-state index in [2.05, 4.69) is 10.6 Å². The van der Waals surface area contributed by atoms with Crippen molar-refractivity contribution in [2.75, 3.05) is 11.9 Å². The van der Waals surface area contributed by atoms with Gasteiger partial charge in [0.25, 0.3) is 0 Å². The van der Waals surface area contributed by atoms with E-state index in [1.807, 2.05) is 32.1 Å². The van der Waals surface area contributed by atoms with Crippen molar-refractivity contribution in [1.82, 2.24) is 5.32 Å². The number of carbonyl (C=O) groups excluding carboxylic acids is 1. The Balaban J connectivity index is 2.81. The van der Waals surface area contributed by atoms with Crippen molar-refractivity contribution in [2.45, 2.75) is 27.2 Å². The number of carboxylic acid groups (broad SMARTS) is 1. The number of anilines is 1. The second-order valence-corrected chi connectivity index (χ2v) is 4.55. The molecule has 1 rings (SSSR count). The normalized spacial score (nSPS) is 10.6. The van der Waals surface area contributed by atoms with Crippen molar-refractivity contribution in [3.05, 3.63) is 41.0 Å². The maximum absolute atomic E-state index is 11.7. The van der Waals surface area contributed by atoms with E-state index in [1.54, 1.807) is 13.0 Å². The fourth-order valence-electron chi connectivity index (χ4n) is 1.90. The zero-order valence-electron chi connectivity index (χ0n) is 12.0. The van der Waals surface area contributed by atoms with Crippen molar-refractivity contribution in [2.24, 2.45) is 0 Å². The van der Waals surface area contributed by atoms with Crippen molar-refractivity contribution >= 4 is 17.7 Å². The van der Waals surface area contributed by atoms with Gasteiger partial charge in [0, 0.05) is 6.54 Å². The number of carbonyl (C=O) groups is 2. The smallest absolute Gasteiger partial charge is 0.337 e. The van der Waals surface area contributed by atoms with E-state index in [9.17, 15) is 14.7 Å². The molecule has 0 fully saturated rings. The summed E-state index contributed by atoms with van der Waals surface area (Å²) in [7, 11) is 0. The van der Waals surface area contributed by atoms with Gasteiger partial charge in [-0.15, -0.1) is 0 Å². The fraction of sp³-hybridized carbons (Fsp3) is 0.333. The SMILES string of the molecule is C/C=C/CCNC(=O)Nc1c(C)cc(C)cc1C(=O)O. The van der Waals surface area contributed by atoms with Crippen LogP contribution in [0.15, 0.2) is 24.3 Å². The number of amides is 2. The summed E-state index contributed by atoms with van der Waals surface area (Å²) < 4.78 is 0. The van der Waals surface area contributed by atoms with Crippen LogP contribution in [0.5, 0.6) is 0 Å². The van der Waals surface area contributed by atoms with Gasteiger partial charge in [-0.3, -0.25) is 0 Å². The zero-order valence-corrected chi connectivity index (χ0v) is 12.0. The lowest BCUT2D eigenvalue weighted by atomic mass is 10.0. The van der Waals surface area contributed by atoms with Gasteiger partial charge in [-0.1, -0.05) is 18.2 Å². The van der Waals surface area contributed by atoms with Gasteiger partial charge < -0.3 is 15.7 Å². The molecule has 0 radical (unpaired) electrons. The summed E-state index contributed by atoms with van der Waals surface area (Å²) in [5, 5.41) is 14.5. The third-order valence-electron chi connectivity index (χ3n) is 2.78. The molecule has 1 aromatic carbocycles. The molecule has 108 valence electrons. The number of hydrogen-bond acceptors (Lipinski definition) is 2. The minimum absolute atomic E-state index is 0.103. The summed E-state index contributed by atoms with van der Waals surface area (Å²) in [4.78, 5) is 23.0. The predicted octanol–water partition coefficient (Wildman–Crippen LogP) is 3.09. The van der Waals surface area contributed by atoms with E-state index in [0.29, 0.717) is 12.2 Å². The van der Waals surface area contributed by atoms with Gasteiger partial charge in [0.1, 0.15) is 0 Å². The monoisotopic (exact) mass is 276 g/mol. The number of rotatable bonds is 5. The third kappa shape index (κ3) is 4.42. The van der Waals surface area contributed by atoms with Gasteiger partial charge in [-0.25, -0.2) is 9.59 Å². The highest BCUT2D eigenvalue weighted by Crippen LogP contribution is 2.22. The molecule has 2 amide bonds. The quantitative estimate of drug-likeness (QED) is 0.571. The molecule has 0 heterocycles. The lowest BCUT2D eigenvalue weighted by Gasteiger charge is -2.13. The molecule has 0 saturated carbocycles. The Kier molecular flexibility index (Phi) is 5.77. The maximum Gasteiger partial charge on any atom is 0.337 e. The summed E-state index contributed by atoms with van der Waals surface area (Å²) in [5.74, 6) is -1.05. The second kappa shape index (κ2) is 7.33. The third-order valence-corrected chi connectivity index (χ3v) is 2.78. The first-order valence-corrected chi connectivity index (χ1v) is 6.46. The Morgan fingerprint density at radius 1 is 1.30 bits per heavy atom. The molecule has 0 spiro atoms. The van der Waals surface area contributed by atoms with Crippen LogP contribution in [0.1, 0.15) is 34.8 Å². The number of allylic oxidation sites excluding steroid dienone is 1. The molecule has 3 N–H and O–H groups in total. The van der Waals surface area contributed by atoms with Crippen LogP contribution in [-0.2, 0) is 0 Å². The number of urea groups is 1. The van der Waals surface area contributed by atoms with Crippen LogP contribution in [-0.4, -0.2) is 23.7 Å². The minimum atomic E-state index is -1.05. The van der Waals surface area contributed by atoms with Gasteiger partial charge in [0.15, 0.2) is 0 Å². The van der Waals surface area contributed by atoms with Crippen molar-refractivity contribution in [3.8, 4) is 0 Å². The average Bonchev–Trinajstić information content (AvgIpc) is 2.37. The zero-order chi connectivity index (χ0) is 15.1. The molecule has 0 aromatic heterocycles. The average molecular weight is 276 g/mol. The van der Waals surface area contributed by atoms with Gasteiger partial charge in [0.05, 0.1) is 11.3 Å². The fourth-order valence-corrected chi connectivity index (χ4v) is 1.90. The Bertz CT molecular complexity index is 536. The van der Waals surface area contributed by atoms with E-state index in [4.69, 9.17) is 0 Å². The minimum Gasteiger partial charge on any atom is -0.478 e. The number of hydrogen-bond donors (Lipinski definition) is 3. The topological polar surface area (TPSA) is 78.4 Å².